The Kier molecular flexibility index (Phi) is 5.43. The number of nitrogens with one attached hydrogen (secondary N) is 2. The highest BCUT2D eigenvalue weighted by Gasteiger charge is 2.36. The molecular formula is C25H24N4O4. The Balaban J connectivity index is 1.40. The van der Waals surface area contributed by atoms with E-state index < -0.39 is 17.3 Å². The number of fused-ring (bicyclic) bond motifs is 1. The van der Waals surface area contributed by atoms with Crippen LogP contribution in [0.2, 0.25) is 0 Å². The summed E-state index contributed by atoms with van der Waals surface area (Å²) in [5, 5.41) is 13.5. The van der Waals surface area contributed by atoms with Crippen LogP contribution in [-0.2, 0) is 20.9 Å². The number of allylic oxidation sites excluding steroid dienone is 1. The highest BCUT2D eigenvalue weighted by molar-refractivity contribution is 6.26. The Hall–Kier alpha value is -3.91. The van der Waals surface area contributed by atoms with Crippen LogP contribution in [0.1, 0.15) is 29.5 Å². The molecule has 0 amide bonds. The van der Waals surface area contributed by atoms with Crippen molar-refractivity contribution in [3.63, 3.8) is 0 Å². The van der Waals surface area contributed by atoms with E-state index in [1.165, 1.54) is 24.5 Å². The number of aryl methyl sites for hydroxylation is 1. The van der Waals surface area contributed by atoms with Gasteiger partial charge in [0, 0.05) is 35.6 Å². The largest absolute Gasteiger partial charge is 0.477 e. The number of H-pyrrole nitrogens is 1. The fraction of sp³-hybridized carbons (Fsp3) is 0.240. The first kappa shape index (κ1) is 21.0. The summed E-state index contributed by atoms with van der Waals surface area (Å²) in [4.78, 5) is 34.4. The number of hydrogen-bond donors (Lipinski definition) is 3. The lowest BCUT2D eigenvalue weighted by Crippen LogP contribution is -2.18. The van der Waals surface area contributed by atoms with Gasteiger partial charge in [-0.3, -0.25) is 9.69 Å². The number of benzene rings is 1. The predicted molar refractivity (Wildman–Crippen MR) is 124 cm³/mol. The SMILES string of the molecule is Cc1cc(CN2CCCC2)ccc1NC1=C(C(=O)O)C(=O)C(=Cc2c[nH]c3ncccc23)O1. The Morgan fingerprint density at radius 2 is 2.12 bits per heavy atom. The second-order valence-corrected chi connectivity index (χ2v) is 8.35. The third-order valence-electron chi connectivity index (χ3n) is 6.02. The fourth-order valence-electron chi connectivity index (χ4n) is 4.33. The molecule has 0 radical (unpaired) electrons. The molecule has 0 saturated carbocycles. The molecule has 4 heterocycles. The van der Waals surface area contributed by atoms with E-state index in [-0.39, 0.29) is 11.6 Å². The molecule has 8 nitrogen and oxygen atoms in total. The van der Waals surface area contributed by atoms with Gasteiger partial charge in [0.1, 0.15) is 5.65 Å². The lowest BCUT2D eigenvalue weighted by atomic mass is 10.1. The minimum absolute atomic E-state index is 0.0528. The maximum absolute atomic E-state index is 12.8. The molecule has 3 N–H and O–H groups in total. The summed E-state index contributed by atoms with van der Waals surface area (Å²) in [5.74, 6) is -2.14. The molecule has 168 valence electrons. The first-order valence-electron chi connectivity index (χ1n) is 10.9. The molecule has 0 spiro atoms. The molecule has 8 heteroatoms. The van der Waals surface area contributed by atoms with Crippen LogP contribution in [0.15, 0.2) is 59.9 Å². The van der Waals surface area contributed by atoms with E-state index >= 15 is 0 Å². The van der Waals surface area contributed by atoms with Gasteiger partial charge in [0.15, 0.2) is 11.3 Å². The molecule has 0 atom stereocenters. The summed E-state index contributed by atoms with van der Waals surface area (Å²) in [6.45, 7) is 5.08. The summed E-state index contributed by atoms with van der Waals surface area (Å²) in [5.41, 5.74) is 3.78. The summed E-state index contributed by atoms with van der Waals surface area (Å²) >= 11 is 0. The molecule has 2 aliphatic rings. The molecular weight excluding hydrogens is 420 g/mol. The highest BCUT2D eigenvalue weighted by Crippen LogP contribution is 2.31. The number of carbonyl (C=O) groups excluding carboxylic acids is 1. The molecule has 0 bridgehead atoms. The molecule has 3 aromatic rings. The number of carboxylic acids is 1. The zero-order chi connectivity index (χ0) is 22.9. The number of likely N-dealkylation sites (tertiary alicyclic amines) is 1. The van der Waals surface area contributed by atoms with Gasteiger partial charge < -0.3 is 20.1 Å². The van der Waals surface area contributed by atoms with Crippen molar-refractivity contribution in [2.45, 2.75) is 26.3 Å². The zero-order valence-corrected chi connectivity index (χ0v) is 18.2. The quantitative estimate of drug-likeness (QED) is 0.392. The third kappa shape index (κ3) is 4.12. The second-order valence-electron chi connectivity index (χ2n) is 8.35. The van der Waals surface area contributed by atoms with Gasteiger partial charge in [-0.05, 0) is 68.3 Å². The number of Topliss-reactive ketones (excluding diaryl/α,β-unsaturated/α-hetero) is 1. The molecule has 0 unspecified atom stereocenters. The monoisotopic (exact) mass is 444 g/mol. The third-order valence-corrected chi connectivity index (χ3v) is 6.02. The van der Waals surface area contributed by atoms with Crippen molar-refractivity contribution in [3.05, 3.63) is 76.6 Å². The number of ether oxygens (including phenoxy) is 1. The number of nitrogens with zero attached hydrogens (tertiary/aromatic N) is 2. The van der Waals surface area contributed by atoms with Gasteiger partial charge in [0.05, 0.1) is 0 Å². The molecule has 5 rings (SSSR count). The average Bonchev–Trinajstić information content (AvgIpc) is 3.51. The first-order chi connectivity index (χ1) is 16.0. The molecule has 1 aromatic carbocycles. The van der Waals surface area contributed by atoms with Crippen LogP contribution in [0.5, 0.6) is 0 Å². The highest BCUT2D eigenvalue weighted by atomic mass is 16.5. The van der Waals surface area contributed by atoms with Crippen LogP contribution in [0.3, 0.4) is 0 Å². The van der Waals surface area contributed by atoms with Gasteiger partial charge >= 0.3 is 5.97 Å². The normalized spacial score (nSPS) is 17.8. The summed E-state index contributed by atoms with van der Waals surface area (Å²) in [6, 6.07) is 9.64. The first-order valence-corrected chi connectivity index (χ1v) is 10.9. The lowest BCUT2D eigenvalue weighted by Gasteiger charge is -2.16. The van der Waals surface area contributed by atoms with Crippen molar-refractivity contribution in [1.29, 1.82) is 0 Å². The van der Waals surface area contributed by atoms with Crippen LogP contribution < -0.4 is 5.32 Å². The molecule has 0 aliphatic carbocycles. The van der Waals surface area contributed by atoms with Gasteiger partial charge in [0.2, 0.25) is 11.7 Å². The number of pyridine rings is 1. The second kappa shape index (κ2) is 8.55. The van der Waals surface area contributed by atoms with E-state index in [1.54, 1.807) is 18.5 Å². The smallest absolute Gasteiger partial charge is 0.345 e. The van der Waals surface area contributed by atoms with Crippen LogP contribution in [0.25, 0.3) is 17.1 Å². The van der Waals surface area contributed by atoms with Gasteiger partial charge in [-0.25, -0.2) is 9.78 Å². The van der Waals surface area contributed by atoms with E-state index in [2.05, 4.69) is 26.3 Å². The number of aromatic nitrogens is 2. The van der Waals surface area contributed by atoms with E-state index in [0.29, 0.717) is 16.9 Å². The summed E-state index contributed by atoms with van der Waals surface area (Å²) < 4.78 is 5.72. The van der Waals surface area contributed by atoms with Crippen molar-refractivity contribution in [2.24, 2.45) is 0 Å². The van der Waals surface area contributed by atoms with Crippen molar-refractivity contribution in [3.8, 4) is 0 Å². The molecule has 2 aromatic heterocycles. The fourth-order valence-corrected chi connectivity index (χ4v) is 4.33. The van der Waals surface area contributed by atoms with Crippen LogP contribution in [-0.4, -0.2) is 44.8 Å². The standard InChI is InChI=1S/C25H24N4O4/c1-15-11-16(14-29-9-2-3-10-29)6-7-19(15)28-24-21(25(31)32)22(30)20(33-24)12-17-13-27-23-18(17)5-4-8-26-23/h4-8,11-13,28H,2-3,9-10,14H2,1H3,(H,26,27)(H,31,32). The summed E-state index contributed by atoms with van der Waals surface area (Å²) in [7, 11) is 0. The van der Waals surface area contributed by atoms with E-state index in [9.17, 15) is 14.7 Å². The van der Waals surface area contributed by atoms with E-state index in [1.807, 2.05) is 25.1 Å². The topological polar surface area (TPSA) is 108 Å². The number of carbonyl (C=O) groups is 2. The van der Waals surface area contributed by atoms with Crippen molar-refractivity contribution >= 4 is 34.5 Å². The number of anilines is 1. The number of carboxylic acid groups (broad SMARTS) is 1. The van der Waals surface area contributed by atoms with Gasteiger partial charge in [-0.2, -0.15) is 0 Å². The Morgan fingerprint density at radius 1 is 1.30 bits per heavy atom. The van der Waals surface area contributed by atoms with Crippen LogP contribution in [0, 0.1) is 6.92 Å². The Labute approximate surface area is 190 Å². The van der Waals surface area contributed by atoms with Gasteiger partial charge in [-0.15, -0.1) is 0 Å². The molecule has 2 aliphatic heterocycles. The van der Waals surface area contributed by atoms with Crippen molar-refractivity contribution < 1.29 is 19.4 Å². The Morgan fingerprint density at radius 3 is 2.88 bits per heavy atom. The number of aliphatic carboxylic acids is 1. The van der Waals surface area contributed by atoms with Gasteiger partial charge in [0.25, 0.3) is 0 Å². The Bertz CT molecular complexity index is 1310. The molecule has 1 saturated heterocycles. The van der Waals surface area contributed by atoms with Gasteiger partial charge in [-0.1, -0.05) is 12.1 Å². The number of hydrogen-bond acceptors (Lipinski definition) is 6. The van der Waals surface area contributed by atoms with Crippen LogP contribution in [0.4, 0.5) is 5.69 Å². The zero-order valence-electron chi connectivity index (χ0n) is 18.2. The molecule has 1 fully saturated rings. The summed E-state index contributed by atoms with van der Waals surface area (Å²) in [6.07, 6.45) is 7.38. The maximum Gasteiger partial charge on any atom is 0.345 e. The van der Waals surface area contributed by atoms with Crippen molar-refractivity contribution in [2.75, 3.05) is 18.4 Å². The lowest BCUT2D eigenvalue weighted by molar-refractivity contribution is -0.134. The maximum atomic E-state index is 12.8. The molecule has 33 heavy (non-hydrogen) atoms. The average molecular weight is 444 g/mol. The number of ketones is 1. The van der Waals surface area contributed by atoms with Crippen LogP contribution >= 0.6 is 0 Å². The minimum Gasteiger partial charge on any atom is -0.477 e. The minimum atomic E-state index is -1.34. The number of rotatable bonds is 6. The predicted octanol–water partition coefficient (Wildman–Crippen LogP) is 3.82. The van der Waals surface area contributed by atoms with Crippen molar-refractivity contribution in [1.82, 2.24) is 14.9 Å². The van der Waals surface area contributed by atoms with E-state index in [4.69, 9.17) is 4.74 Å². The number of aromatic amines is 1. The van der Waals surface area contributed by atoms with E-state index in [0.717, 1.165) is 30.6 Å².